The van der Waals surface area contributed by atoms with E-state index in [1.165, 1.54) is 5.56 Å². The van der Waals surface area contributed by atoms with Crippen molar-refractivity contribution in [2.45, 2.75) is 25.9 Å². The van der Waals surface area contributed by atoms with Crippen LogP contribution >= 0.6 is 0 Å². The van der Waals surface area contributed by atoms with Crippen molar-refractivity contribution >= 4 is 5.91 Å². The van der Waals surface area contributed by atoms with Gasteiger partial charge in [0.25, 0.3) is 5.91 Å². The lowest BCUT2D eigenvalue weighted by Gasteiger charge is -2.15. The predicted molar refractivity (Wildman–Crippen MR) is 97.3 cm³/mol. The third kappa shape index (κ3) is 4.51. The van der Waals surface area contributed by atoms with Crippen molar-refractivity contribution in [1.29, 1.82) is 0 Å². The highest BCUT2D eigenvalue weighted by Crippen LogP contribution is 2.21. The Hall–Kier alpha value is -2.53. The number of hydrogen-bond acceptors (Lipinski definition) is 4. The summed E-state index contributed by atoms with van der Waals surface area (Å²) in [7, 11) is 1.67. The Labute approximate surface area is 148 Å². The van der Waals surface area contributed by atoms with Crippen LogP contribution in [0.3, 0.4) is 0 Å². The maximum absolute atomic E-state index is 11.5. The molecule has 5 nitrogen and oxygen atoms in total. The molecule has 1 amide bonds. The monoisotopic (exact) mass is 340 g/mol. The fraction of sp³-hybridized carbons (Fsp3) is 0.350. The summed E-state index contributed by atoms with van der Waals surface area (Å²) in [5.41, 5.74) is 3.03. The first-order valence-corrected chi connectivity index (χ1v) is 8.56. The summed E-state index contributed by atoms with van der Waals surface area (Å²) in [5.74, 6) is 1.68. The average molecular weight is 340 g/mol. The predicted octanol–water partition coefficient (Wildman–Crippen LogP) is 2.54. The van der Waals surface area contributed by atoms with Crippen LogP contribution in [0.25, 0.3) is 0 Å². The maximum Gasteiger partial charge on any atom is 0.251 e. The van der Waals surface area contributed by atoms with Gasteiger partial charge in [-0.1, -0.05) is 12.1 Å². The molecule has 2 N–H and O–H groups in total. The Bertz CT molecular complexity index is 728. The molecule has 5 heteroatoms. The Morgan fingerprint density at radius 2 is 1.92 bits per heavy atom. The number of carbonyl (C=O) groups excluding carboxylic acids is 1. The number of nitrogens with one attached hydrogen (secondary N) is 2. The molecule has 1 aliphatic heterocycles. The molecule has 0 spiro atoms. The Kier molecular flexibility index (Phi) is 5.56. The molecule has 0 aromatic heterocycles. The number of ether oxygens (including phenoxy) is 2. The molecular weight excluding hydrogens is 316 g/mol. The molecule has 1 heterocycles. The molecule has 0 aliphatic carbocycles. The minimum Gasteiger partial charge on any atom is -0.497 e. The van der Waals surface area contributed by atoms with Crippen LogP contribution in [0.1, 0.15) is 28.4 Å². The minimum atomic E-state index is -0.00452. The van der Waals surface area contributed by atoms with Crippen molar-refractivity contribution in [3.63, 3.8) is 0 Å². The number of hydrogen-bond donors (Lipinski definition) is 2. The van der Waals surface area contributed by atoms with E-state index in [9.17, 15) is 4.79 Å². The fourth-order valence-corrected chi connectivity index (χ4v) is 2.83. The molecular formula is C20H24N2O3. The van der Waals surface area contributed by atoms with E-state index in [1.807, 2.05) is 30.3 Å². The molecule has 1 unspecified atom stereocenters. The summed E-state index contributed by atoms with van der Waals surface area (Å²) in [5, 5.41) is 6.28. The van der Waals surface area contributed by atoms with Crippen LogP contribution < -0.4 is 20.1 Å². The van der Waals surface area contributed by atoms with Gasteiger partial charge in [-0.05, 0) is 61.3 Å². The van der Waals surface area contributed by atoms with Gasteiger partial charge in [0.2, 0.25) is 0 Å². The number of methoxy groups -OCH3 is 1. The van der Waals surface area contributed by atoms with Crippen molar-refractivity contribution in [2.75, 3.05) is 20.3 Å². The Balaban J connectivity index is 1.40. The second kappa shape index (κ2) is 8.03. The second-order valence-corrected chi connectivity index (χ2v) is 6.27. The highest BCUT2D eigenvalue weighted by molar-refractivity contribution is 5.98. The second-order valence-electron chi connectivity index (χ2n) is 6.27. The van der Waals surface area contributed by atoms with Gasteiger partial charge in [0, 0.05) is 18.2 Å². The zero-order valence-corrected chi connectivity index (χ0v) is 14.7. The number of benzene rings is 2. The van der Waals surface area contributed by atoms with Crippen LogP contribution in [0.4, 0.5) is 0 Å². The van der Waals surface area contributed by atoms with E-state index in [1.54, 1.807) is 7.11 Å². The highest BCUT2D eigenvalue weighted by atomic mass is 16.5. The lowest BCUT2D eigenvalue weighted by atomic mass is 10.1. The van der Waals surface area contributed by atoms with E-state index in [4.69, 9.17) is 9.47 Å². The zero-order valence-electron chi connectivity index (χ0n) is 14.7. The summed E-state index contributed by atoms with van der Waals surface area (Å²) in [6.07, 6.45) is 0.959. The van der Waals surface area contributed by atoms with Gasteiger partial charge < -0.3 is 20.1 Å². The highest BCUT2D eigenvalue weighted by Gasteiger charge is 2.18. The molecule has 0 radical (unpaired) electrons. The molecule has 0 fully saturated rings. The van der Waals surface area contributed by atoms with E-state index in [0.29, 0.717) is 13.2 Å². The van der Waals surface area contributed by atoms with Crippen LogP contribution in [-0.2, 0) is 13.0 Å². The third-order valence-electron chi connectivity index (χ3n) is 4.33. The normalized spacial score (nSPS) is 13.9. The minimum absolute atomic E-state index is 0.00452. The lowest BCUT2D eigenvalue weighted by Crippen LogP contribution is -2.33. The first-order valence-electron chi connectivity index (χ1n) is 8.56. The van der Waals surface area contributed by atoms with Crippen LogP contribution in [0.2, 0.25) is 0 Å². The summed E-state index contributed by atoms with van der Waals surface area (Å²) in [4.78, 5) is 11.5. The molecule has 0 bridgehead atoms. The van der Waals surface area contributed by atoms with Crippen LogP contribution in [0.5, 0.6) is 11.5 Å². The molecule has 2 aromatic carbocycles. The third-order valence-corrected chi connectivity index (χ3v) is 4.33. The molecule has 1 atom stereocenters. The van der Waals surface area contributed by atoms with Crippen molar-refractivity contribution in [3.05, 3.63) is 59.2 Å². The number of rotatable bonds is 8. The van der Waals surface area contributed by atoms with E-state index in [-0.39, 0.29) is 11.9 Å². The van der Waals surface area contributed by atoms with E-state index >= 15 is 0 Å². The van der Waals surface area contributed by atoms with E-state index in [2.05, 4.69) is 29.7 Å². The van der Waals surface area contributed by atoms with Crippen molar-refractivity contribution in [3.8, 4) is 11.5 Å². The summed E-state index contributed by atoms with van der Waals surface area (Å²) >= 11 is 0. The van der Waals surface area contributed by atoms with Crippen molar-refractivity contribution < 1.29 is 14.3 Å². The average Bonchev–Trinajstić information content (AvgIpc) is 3.01. The van der Waals surface area contributed by atoms with Gasteiger partial charge in [-0.25, -0.2) is 0 Å². The SMILES string of the molecule is COc1ccc(CCNC(C)COc2ccc3c(c2)CNC3=O)cc1. The fourth-order valence-electron chi connectivity index (χ4n) is 2.83. The van der Waals surface area contributed by atoms with E-state index in [0.717, 1.165) is 35.6 Å². The molecule has 1 aliphatic rings. The van der Waals surface area contributed by atoms with Gasteiger partial charge in [-0.3, -0.25) is 4.79 Å². The Morgan fingerprint density at radius 3 is 2.68 bits per heavy atom. The van der Waals surface area contributed by atoms with Gasteiger partial charge in [0.05, 0.1) is 7.11 Å². The standard InChI is InChI=1S/C20H24N2O3/c1-14(21-10-9-15-3-5-17(24-2)6-4-15)13-25-18-7-8-19-16(11-18)12-22-20(19)23/h3-8,11,14,21H,9-10,12-13H2,1-2H3,(H,22,23). The number of fused-ring (bicyclic) bond motifs is 1. The quantitative estimate of drug-likeness (QED) is 0.775. The van der Waals surface area contributed by atoms with Gasteiger partial charge in [-0.15, -0.1) is 0 Å². The number of carbonyl (C=O) groups is 1. The van der Waals surface area contributed by atoms with E-state index < -0.39 is 0 Å². The Morgan fingerprint density at radius 1 is 1.16 bits per heavy atom. The van der Waals surface area contributed by atoms with Gasteiger partial charge >= 0.3 is 0 Å². The van der Waals surface area contributed by atoms with Gasteiger partial charge in [-0.2, -0.15) is 0 Å². The lowest BCUT2D eigenvalue weighted by molar-refractivity contribution is 0.0966. The summed E-state index contributed by atoms with van der Waals surface area (Å²) < 4.78 is 11.0. The zero-order chi connectivity index (χ0) is 17.6. The molecule has 3 rings (SSSR count). The maximum atomic E-state index is 11.5. The first-order chi connectivity index (χ1) is 12.2. The molecule has 2 aromatic rings. The van der Waals surface area contributed by atoms with Gasteiger partial charge in [0.1, 0.15) is 18.1 Å². The molecule has 132 valence electrons. The largest absolute Gasteiger partial charge is 0.497 e. The molecule has 25 heavy (non-hydrogen) atoms. The molecule has 0 saturated carbocycles. The van der Waals surface area contributed by atoms with Crippen molar-refractivity contribution in [2.24, 2.45) is 0 Å². The topological polar surface area (TPSA) is 59.6 Å². The van der Waals surface area contributed by atoms with Crippen LogP contribution in [0, 0.1) is 0 Å². The van der Waals surface area contributed by atoms with Crippen LogP contribution in [0.15, 0.2) is 42.5 Å². The van der Waals surface area contributed by atoms with Crippen molar-refractivity contribution in [1.82, 2.24) is 10.6 Å². The smallest absolute Gasteiger partial charge is 0.251 e. The van der Waals surface area contributed by atoms with Gasteiger partial charge in [0.15, 0.2) is 0 Å². The van der Waals surface area contributed by atoms with Crippen LogP contribution in [-0.4, -0.2) is 32.2 Å². The summed E-state index contributed by atoms with van der Waals surface area (Å²) in [6, 6.07) is 14.0. The number of amides is 1. The first kappa shape index (κ1) is 17.3. The summed E-state index contributed by atoms with van der Waals surface area (Å²) in [6.45, 7) is 4.16. The molecule has 0 saturated heterocycles.